The van der Waals surface area contributed by atoms with Crippen molar-refractivity contribution in [1.82, 2.24) is 19.8 Å². The molecule has 1 atom stereocenters. The number of aromatic nitrogens is 2. The highest BCUT2D eigenvalue weighted by Crippen LogP contribution is 2.18. The van der Waals surface area contributed by atoms with Gasteiger partial charge in [0.05, 0.1) is 31.7 Å². The molecule has 1 N–H and O–H groups in total. The van der Waals surface area contributed by atoms with Crippen molar-refractivity contribution in [2.75, 3.05) is 39.4 Å². The van der Waals surface area contributed by atoms with Crippen LogP contribution in [0.3, 0.4) is 0 Å². The fourth-order valence-corrected chi connectivity index (χ4v) is 3.53. The van der Waals surface area contributed by atoms with Gasteiger partial charge in [-0.15, -0.1) is 24.0 Å². The summed E-state index contributed by atoms with van der Waals surface area (Å²) in [6.45, 7) is 8.26. The summed E-state index contributed by atoms with van der Waals surface area (Å²) < 4.78 is 13.9. The Morgan fingerprint density at radius 2 is 2.15 bits per heavy atom. The Kier molecular flexibility index (Phi) is 10.4. The van der Waals surface area contributed by atoms with Gasteiger partial charge in [0.25, 0.3) is 0 Å². The van der Waals surface area contributed by atoms with Crippen LogP contribution in [0, 0.1) is 0 Å². The van der Waals surface area contributed by atoms with Crippen molar-refractivity contribution in [2.24, 2.45) is 4.99 Å². The Balaban J connectivity index is 0.00000261. The summed E-state index contributed by atoms with van der Waals surface area (Å²) in [5.41, 5.74) is 0. The second-order valence-corrected chi connectivity index (χ2v) is 7.04. The minimum atomic E-state index is 0. The SMILES string of the molecule is CCNC(=NCCn1ccnc1)N1CCC(OCC2CCCCO2)CC1.I. The lowest BCUT2D eigenvalue weighted by molar-refractivity contribution is -0.0721. The van der Waals surface area contributed by atoms with Gasteiger partial charge in [-0.2, -0.15) is 0 Å². The van der Waals surface area contributed by atoms with Gasteiger partial charge in [0.2, 0.25) is 0 Å². The highest BCUT2D eigenvalue weighted by Gasteiger charge is 2.23. The van der Waals surface area contributed by atoms with E-state index in [1.807, 2.05) is 12.5 Å². The molecule has 0 bridgehead atoms. The van der Waals surface area contributed by atoms with E-state index in [4.69, 9.17) is 14.5 Å². The summed E-state index contributed by atoms with van der Waals surface area (Å²) in [6, 6.07) is 0. The Morgan fingerprint density at radius 3 is 2.81 bits per heavy atom. The molecular formula is C19H34IN5O2. The van der Waals surface area contributed by atoms with Gasteiger partial charge in [0.1, 0.15) is 0 Å². The average molecular weight is 491 g/mol. The number of likely N-dealkylation sites (tertiary alicyclic amines) is 1. The standard InChI is InChI=1S/C19H33N5O2.HI/c1-2-21-19(22-9-13-23-12-8-20-16-23)24-10-6-17(7-11-24)26-15-18-5-3-4-14-25-18;/h8,12,16-18H,2-7,9-11,13-15H2,1H3,(H,21,22);1H. The van der Waals surface area contributed by atoms with Gasteiger partial charge in [0, 0.05) is 45.2 Å². The Morgan fingerprint density at radius 1 is 1.30 bits per heavy atom. The maximum Gasteiger partial charge on any atom is 0.193 e. The molecule has 2 saturated heterocycles. The van der Waals surface area contributed by atoms with Gasteiger partial charge in [0.15, 0.2) is 5.96 Å². The van der Waals surface area contributed by atoms with Crippen LogP contribution < -0.4 is 5.32 Å². The van der Waals surface area contributed by atoms with E-state index in [0.29, 0.717) is 12.2 Å². The van der Waals surface area contributed by atoms with Crippen molar-refractivity contribution in [3.63, 3.8) is 0 Å². The van der Waals surface area contributed by atoms with Crippen LogP contribution in [0.4, 0.5) is 0 Å². The van der Waals surface area contributed by atoms with Gasteiger partial charge >= 0.3 is 0 Å². The highest BCUT2D eigenvalue weighted by atomic mass is 127. The molecule has 0 spiro atoms. The number of halogens is 1. The first-order valence-electron chi connectivity index (χ1n) is 10.1. The second kappa shape index (κ2) is 12.6. The van der Waals surface area contributed by atoms with Crippen molar-refractivity contribution in [2.45, 2.75) is 57.8 Å². The zero-order chi connectivity index (χ0) is 18.0. The quantitative estimate of drug-likeness (QED) is 0.361. The first kappa shape index (κ1) is 22.4. The topological polar surface area (TPSA) is 63.9 Å². The Hall–Kier alpha value is -0.870. The summed E-state index contributed by atoms with van der Waals surface area (Å²) in [4.78, 5) is 11.2. The van der Waals surface area contributed by atoms with Crippen molar-refractivity contribution >= 4 is 29.9 Å². The number of aliphatic imine (C=N–C) groups is 1. The molecule has 0 saturated carbocycles. The number of guanidine groups is 1. The number of nitrogens with zero attached hydrogens (tertiary/aromatic N) is 4. The Labute approximate surface area is 179 Å². The molecule has 0 aliphatic carbocycles. The normalized spacial score (nSPS) is 21.7. The summed E-state index contributed by atoms with van der Waals surface area (Å²) in [7, 11) is 0. The Bertz CT molecular complexity index is 526. The molecule has 8 heteroatoms. The third-order valence-corrected chi connectivity index (χ3v) is 5.05. The minimum Gasteiger partial charge on any atom is -0.376 e. The van der Waals surface area contributed by atoms with Crippen LogP contribution in [0.25, 0.3) is 0 Å². The summed E-state index contributed by atoms with van der Waals surface area (Å²) >= 11 is 0. The van der Waals surface area contributed by atoms with Crippen LogP contribution in [-0.2, 0) is 16.0 Å². The predicted molar refractivity (Wildman–Crippen MR) is 118 cm³/mol. The molecule has 2 aliphatic heterocycles. The number of hydrogen-bond donors (Lipinski definition) is 1. The molecule has 1 aromatic heterocycles. The second-order valence-electron chi connectivity index (χ2n) is 7.04. The lowest BCUT2D eigenvalue weighted by Gasteiger charge is -2.35. The largest absolute Gasteiger partial charge is 0.376 e. The van der Waals surface area contributed by atoms with Crippen LogP contribution in [0.1, 0.15) is 39.0 Å². The summed E-state index contributed by atoms with van der Waals surface area (Å²) in [5.74, 6) is 1.02. The van der Waals surface area contributed by atoms with E-state index in [1.54, 1.807) is 6.20 Å². The van der Waals surface area contributed by atoms with Crippen LogP contribution in [-0.4, -0.2) is 72.0 Å². The molecule has 0 aromatic carbocycles. The van der Waals surface area contributed by atoms with Crippen LogP contribution >= 0.6 is 24.0 Å². The van der Waals surface area contributed by atoms with Crippen molar-refractivity contribution < 1.29 is 9.47 Å². The molecule has 1 unspecified atom stereocenters. The van der Waals surface area contributed by atoms with E-state index in [1.165, 1.54) is 12.8 Å². The van der Waals surface area contributed by atoms with Crippen molar-refractivity contribution in [1.29, 1.82) is 0 Å². The summed E-state index contributed by atoms with van der Waals surface area (Å²) in [5, 5.41) is 3.42. The molecule has 27 heavy (non-hydrogen) atoms. The molecule has 1 aromatic rings. The van der Waals surface area contributed by atoms with E-state index in [0.717, 1.165) is 71.2 Å². The number of rotatable bonds is 7. The minimum absolute atomic E-state index is 0. The van der Waals surface area contributed by atoms with Gasteiger partial charge < -0.3 is 24.3 Å². The van der Waals surface area contributed by atoms with Crippen molar-refractivity contribution in [3.8, 4) is 0 Å². The fraction of sp³-hybridized carbons (Fsp3) is 0.789. The number of ether oxygens (including phenoxy) is 2. The number of imidazole rings is 1. The highest BCUT2D eigenvalue weighted by molar-refractivity contribution is 14.0. The number of piperidine rings is 1. The molecule has 0 amide bonds. The van der Waals surface area contributed by atoms with Crippen LogP contribution in [0.5, 0.6) is 0 Å². The third kappa shape index (κ3) is 7.57. The molecule has 2 fully saturated rings. The average Bonchev–Trinajstić information content (AvgIpc) is 3.20. The van der Waals surface area contributed by atoms with E-state index in [2.05, 4.69) is 26.7 Å². The summed E-state index contributed by atoms with van der Waals surface area (Å²) in [6.07, 6.45) is 12.0. The van der Waals surface area contributed by atoms with E-state index in [-0.39, 0.29) is 24.0 Å². The van der Waals surface area contributed by atoms with Gasteiger partial charge in [-0.05, 0) is 39.0 Å². The molecule has 7 nitrogen and oxygen atoms in total. The van der Waals surface area contributed by atoms with Crippen molar-refractivity contribution in [3.05, 3.63) is 18.7 Å². The zero-order valence-electron chi connectivity index (χ0n) is 16.4. The smallest absolute Gasteiger partial charge is 0.193 e. The first-order chi connectivity index (χ1) is 12.8. The predicted octanol–water partition coefficient (Wildman–Crippen LogP) is 2.52. The molecule has 3 rings (SSSR count). The molecule has 154 valence electrons. The molecule has 0 radical (unpaired) electrons. The lowest BCUT2D eigenvalue weighted by atomic mass is 10.1. The fourth-order valence-electron chi connectivity index (χ4n) is 3.53. The molecule has 3 heterocycles. The third-order valence-electron chi connectivity index (χ3n) is 5.05. The first-order valence-corrected chi connectivity index (χ1v) is 10.1. The molecule has 2 aliphatic rings. The van der Waals surface area contributed by atoms with Gasteiger partial charge in [-0.1, -0.05) is 0 Å². The molecular weight excluding hydrogens is 457 g/mol. The van der Waals surface area contributed by atoms with Gasteiger partial charge in [-0.3, -0.25) is 4.99 Å². The van der Waals surface area contributed by atoms with Crippen LogP contribution in [0.2, 0.25) is 0 Å². The van der Waals surface area contributed by atoms with E-state index in [9.17, 15) is 0 Å². The maximum absolute atomic E-state index is 6.12. The van der Waals surface area contributed by atoms with Gasteiger partial charge in [-0.25, -0.2) is 4.98 Å². The monoisotopic (exact) mass is 491 g/mol. The zero-order valence-corrected chi connectivity index (χ0v) is 18.7. The van der Waals surface area contributed by atoms with E-state index >= 15 is 0 Å². The lowest BCUT2D eigenvalue weighted by Crippen LogP contribution is -2.47. The number of nitrogens with one attached hydrogen (secondary N) is 1. The maximum atomic E-state index is 6.12. The number of hydrogen-bond acceptors (Lipinski definition) is 4. The van der Waals surface area contributed by atoms with E-state index < -0.39 is 0 Å². The van der Waals surface area contributed by atoms with Crippen LogP contribution in [0.15, 0.2) is 23.7 Å².